The molecule has 0 bridgehead atoms. The highest BCUT2D eigenvalue weighted by molar-refractivity contribution is 6.00. The first kappa shape index (κ1) is 17.4. The summed E-state index contributed by atoms with van der Waals surface area (Å²) in [6.07, 6.45) is 2.19. The van der Waals surface area contributed by atoms with E-state index in [2.05, 4.69) is 5.32 Å². The maximum absolute atomic E-state index is 12.8. The van der Waals surface area contributed by atoms with E-state index in [1.165, 1.54) is 4.90 Å². The minimum Gasteiger partial charge on any atom is -0.480 e. The van der Waals surface area contributed by atoms with Gasteiger partial charge in [0.15, 0.2) is 0 Å². The number of benzene rings is 1. The average molecular weight is 346 g/mol. The van der Waals surface area contributed by atoms with E-state index >= 15 is 0 Å². The number of likely N-dealkylation sites (tertiary alicyclic amines) is 1. The van der Waals surface area contributed by atoms with Crippen molar-refractivity contribution in [2.45, 2.75) is 44.2 Å². The number of amides is 2. The molecule has 7 nitrogen and oxygen atoms in total. The lowest BCUT2D eigenvalue weighted by Gasteiger charge is -2.31. The second kappa shape index (κ2) is 6.84. The summed E-state index contributed by atoms with van der Waals surface area (Å²) in [7, 11) is 0. The summed E-state index contributed by atoms with van der Waals surface area (Å²) in [5, 5.41) is 12.2. The van der Waals surface area contributed by atoms with Gasteiger partial charge in [0.05, 0.1) is 0 Å². The van der Waals surface area contributed by atoms with Gasteiger partial charge in [0, 0.05) is 24.4 Å². The molecular formula is C18H22N2O5. The molecule has 2 fully saturated rings. The molecule has 0 saturated carbocycles. The zero-order chi connectivity index (χ0) is 18.0. The number of nitrogens with one attached hydrogen (secondary N) is 1. The van der Waals surface area contributed by atoms with Gasteiger partial charge >= 0.3 is 5.97 Å². The van der Waals surface area contributed by atoms with E-state index < -0.39 is 17.6 Å². The molecule has 2 saturated heterocycles. The van der Waals surface area contributed by atoms with Crippen molar-refractivity contribution in [1.29, 1.82) is 0 Å². The fraction of sp³-hybridized carbons (Fsp3) is 0.500. The molecular weight excluding hydrogens is 324 g/mol. The molecule has 0 aromatic heterocycles. The molecule has 134 valence electrons. The Hall–Kier alpha value is -2.41. The molecule has 2 heterocycles. The van der Waals surface area contributed by atoms with Gasteiger partial charge in [-0.2, -0.15) is 0 Å². The SMILES string of the molecule is CC1(C(=O)O)CCCN1C(=O)c1cccc(NC(=O)C2CCCO2)c1. The van der Waals surface area contributed by atoms with Crippen LogP contribution in [-0.2, 0) is 14.3 Å². The maximum atomic E-state index is 12.8. The first-order valence-corrected chi connectivity index (χ1v) is 8.50. The van der Waals surface area contributed by atoms with Gasteiger partial charge in [0.25, 0.3) is 11.8 Å². The molecule has 1 aromatic rings. The van der Waals surface area contributed by atoms with Crippen LogP contribution in [0.3, 0.4) is 0 Å². The maximum Gasteiger partial charge on any atom is 0.329 e. The number of carbonyl (C=O) groups is 3. The van der Waals surface area contributed by atoms with Crippen LogP contribution in [0.15, 0.2) is 24.3 Å². The zero-order valence-electron chi connectivity index (χ0n) is 14.2. The highest BCUT2D eigenvalue weighted by Crippen LogP contribution is 2.31. The Labute approximate surface area is 146 Å². The van der Waals surface area contributed by atoms with Crippen molar-refractivity contribution < 1.29 is 24.2 Å². The number of hydrogen-bond donors (Lipinski definition) is 2. The van der Waals surface area contributed by atoms with E-state index in [1.807, 2.05) is 0 Å². The summed E-state index contributed by atoms with van der Waals surface area (Å²) in [4.78, 5) is 37.9. The quantitative estimate of drug-likeness (QED) is 0.868. The Morgan fingerprint density at radius 3 is 2.80 bits per heavy atom. The average Bonchev–Trinajstić information content (AvgIpc) is 3.24. The monoisotopic (exact) mass is 346 g/mol. The van der Waals surface area contributed by atoms with Gasteiger partial charge in [-0.1, -0.05) is 6.07 Å². The lowest BCUT2D eigenvalue weighted by molar-refractivity contribution is -0.147. The third kappa shape index (κ3) is 3.37. The van der Waals surface area contributed by atoms with Crippen LogP contribution in [0.2, 0.25) is 0 Å². The van der Waals surface area contributed by atoms with Crippen LogP contribution in [0.1, 0.15) is 43.0 Å². The van der Waals surface area contributed by atoms with E-state index in [-0.39, 0.29) is 11.8 Å². The van der Waals surface area contributed by atoms with E-state index in [0.29, 0.717) is 43.7 Å². The van der Waals surface area contributed by atoms with Gasteiger partial charge in [0.2, 0.25) is 0 Å². The van der Waals surface area contributed by atoms with Crippen LogP contribution in [-0.4, -0.2) is 52.6 Å². The number of rotatable bonds is 4. The van der Waals surface area contributed by atoms with E-state index in [9.17, 15) is 19.5 Å². The smallest absolute Gasteiger partial charge is 0.329 e. The van der Waals surface area contributed by atoms with Crippen LogP contribution in [0, 0.1) is 0 Å². The topological polar surface area (TPSA) is 95.9 Å². The molecule has 0 spiro atoms. The number of ether oxygens (including phenoxy) is 1. The van der Waals surface area contributed by atoms with Crippen LogP contribution in [0.4, 0.5) is 5.69 Å². The first-order valence-electron chi connectivity index (χ1n) is 8.50. The predicted octanol–water partition coefficient (Wildman–Crippen LogP) is 1.88. The summed E-state index contributed by atoms with van der Waals surface area (Å²) in [5.41, 5.74) is -0.323. The summed E-state index contributed by atoms with van der Waals surface area (Å²) >= 11 is 0. The van der Waals surface area contributed by atoms with Crippen molar-refractivity contribution in [3.8, 4) is 0 Å². The van der Waals surface area contributed by atoms with Crippen molar-refractivity contribution in [1.82, 2.24) is 4.90 Å². The zero-order valence-corrected chi connectivity index (χ0v) is 14.2. The molecule has 1 aromatic carbocycles. The van der Waals surface area contributed by atoms with Crippen LogP contribution in [0.5, 0.6) is 0 Å². The Morgan fingerprint density at radius 2 is 2.12 bits per heavy atom. The Bertz CT molecular complexity index is 698. The highest BCUT2D eigenvalue weighted by Gasteiger charge is 2.46. The molecule has 0 radical (unpaired) electrons. The standard InChI is InChI=1S/C18H22N2O5/c1-18(17(23)24)8-4-9-20(18)16(22)12-5-2-6-13(11-12)19-15(21)14-7-3-10-25-14/h2,5-6,11,14H,3-4,7-10H2,1H3,(H,19,21)(H,23,24). The molecule has 2 unspecified atom stereocenters. The van der Waals surface area contributed by atoms with Gasteiger partial charge in [-0.15, -0.1) is 0 Å². The summed E-state index contributed by atoms with van der Waals surface area (Å²) in [6, 6.07) is 6.58. The van der Waals surface area contributed by atoms with E-state index in [0.717, 1.165) is 6.42 Å². The van der Waals surface area contributed by atoms with Crippen molar-refractivity contribution in [3.05, 3.63) is 29.8 Å². The fourth-order valence-corrected chi connectivity index (χ4v) is 3.40. The molecule has 2 aliphatic rings. The van der Waals surface area contributed by atoms with Gasteiger partial charge in [-0.05, 0) is 50.8 Å². The largest absolute Gasteiger partial charge is 0.480 e. The fourth-order valence-electron chi connectivity index (χ4n) is 3.40. The summed E-state index contributed by atoms with van der Waals surface area (Å²) in [5.74, 6) is -1.56. The van der Waals surface area contributed by atoms with Crippen LogP contribution >= 0.6 is 0 Å². The predicted molar refractivity (Wildman–Crippen MR) is 90.4 cm³/mol. The number of carboxylic acid groups (broad SMARTS) is 1. The van der Waals surface area contributed by atoms with E-state index in [4.69, 9.17) is 4.74 Å². The van der Waals surface area contributed by atoms with Crippen molar-refractivity contribution in [2.75, 3.05) is 18.5 Å². The van der Waals surface area contributed by atoms with Gasteiger partial charge in [0.1, 0.15) is 11.6 Å². The van der Waals surface area contributed by atoms with Crippen molar-refractivity contribution in [2.24, 2.45) is 0 Å². The lowest BCUT2D eigenvalue weighted by Crippen LogP contribution is -2.50. The molecule has 7 heteroatoms. The van der Waals surface area contributed by atoms with Crippen molar-refractivity contribution >= 4 is 23.5 Å². The summed E-state index contributed by atoms with van der Waals surface area (Å²) in [6.45, 7) is 2.57. The van der Waals surface area contributed by atoms with Gasteiger partial charge < -0.3 is 20.1 Å². The Balaban J connectivity index is 1.75. The third-order valence-electron chi connectivity index (χ3n) is 4.95. The minimum absolute atomic E-state index is 0.223. The third-order valence-corrected chi connectivity index (χ3v) is 4.95. The van der Waals surface area contributed by atoms with E-state index in [1.54, 1.807) is 31.2 Å². The van der Waals surface area contributed by atoms with Crippen molar-refractivity contribution in [3.63, 3.8) is 0 Å². The minimum atomic E-state index is -1.19. The van der Waals surface area contributed by atoms with Crippen LogP contribution < -0.4 is 5.32 Å². The lowest BCUT2D eigenvalue weighted by atomic mass is 9.98. The molecule has 2 aliphatic heterocycles. The normalized spacial score (nSPS) is 25.8. The van der Waals surface area contributed by atoms with Gasteiger partial charge in [-0.25, -0.2) is 4.79 Å². The number of nitrogens with zero attached hydrogens (tertiary/aromatic N) is 1. The number of carbonyl (C=O) groups excluding carboxylic acids is 2. The van der Waals surface area contributed by atoms with Gasteiger partial charge in [-0.3, -0.25) is 9.59 Å². The second-order valence-corrected chi connectivity index (χ2v) is 6.71. The summed E-state index contributed by atoms with van der Waals surface area (Å²) < 4.78 is 5.35. The molecule has 3 rings (SSSR count). The Kier molecular flexibility index (Phi) is 4.76. The molecule has 2 N–H and O–H groups in total. The molecule has 25 heavy (non-hydrogen) atoms. The molecule has 2 amide bonds. The molecule has 2 atom stereocenters. The number of aliphatic carboxylic acids is 1. The Morgan fingerprint density at radius 1 is 1.32 bits per heavy atom. The number of carboxylic acids is 1. The highest BCUT2D eigenvalue weighted by atomic mass is 16.5. The number of hydrogen-bond acceptors (Lipinski definition) is 4. The first-order chi connectivity index (χ1) is 11.9. The van der Waals surface area contributed by atoms with Crippen LogP contribution in [0.25, 0.3) is 0 Å². The molecule has 0 aliphatic carbocycles. The number of anilines is 1. The second-order valence-electron chi connectivity index (χ2n) is 6.71.